The molecule has 1 aromatic carbocycles. The molecule has 0 unspecified atom stereocenters. The molecule has 152 valence electrons. The first-order valence-electron chi connectivity index (χ1n) is 9.99. The van der Waals surface area contributed by atoms with E-state index in [-0.39, 0.29) is 5.82 Å². The number of hydrogen-bond acceptors (Lipinski definition) is 6. The molecule has 0 spiro atoms. The van der Waals surface area contributed by atoms with E-state index < -0.39 is 0 Å². The van der Waals surface area contributed by atoms with Gasteiger partial charge in [0.05, 0.1) is 22.4 Å². The van der Waals surface area contributed by atoms with Gasteiger partial charge < -0.3 is 4.74 Å². The van der Waals surface area contributed by atoms with Crippen LogP contribution in [0.3, 0.4) is 0 Å². The molecular weight excluding hydrogens is 423 g/mol. The van der Waals surface area contributed by atoms with Gasteiger partial charge >= 0.3 is 0 Å². The Labute approximate surface area is 182 Å². The summed E-state index contributed by atoms with van der Waals surface area (Å²) < 4.78 is 26.9. The van der Waals surface area contributed by atoms with Gasteiger partial charge in [-0.2, -0.15) is 0 Å². The Morgan fingerprint density at radius 2 is 1.62 bits per heavy atom. The molecule has 0 N–H and O–H groups in total. The molecule has 0 aliphatic carbocycles. The minimum absolute atomic E-state index is 0.331. The molecule has 0 fully saturated rings. The Bertz CT molecular complexity index is 1040. The minimum Gasteiger partial charge on any atom is -0.490 e. The molecule has 7 heteroatoms. The molecule has 0 aliphatic heterocycles. The monoisotopic (exact) mass is 446 g/mol. The summed E-state index contributed by atoms with van der Waals surface area (Å²) in [7, 11) is 0. The van der Waals surface area contributed by atoms with E-state index in [1.54, 1.807) is 11.3 Å². The summed E-state index contributed by atoms with van der Waals surface area (Å²) in [5, 5.41) is 8.22. The van der Waals surface area contributed by atoms with Crippen LogP contribution in [0, 0.1) is 5.82 Å². The summed E-state index contributed by atoms with van der Waals surface area (Å²) in [6, 6.07) is 7.82. The van der Waals surface area contributed by atoms with Crippen molar-refractivity contribution in [3.05, 3.63) is 40.8 Å². The fraction of sp³-hybridized carbons (Fsp3) is 0.364. The van der Waals surface area contributed by atoms with Crippen molar-refractivity contribution in [2.45, 2.75) is 45.4 Å². The van der Waals surface area contributed by atoms with E-state index in [4.69, 9.17) is 4.74 Å². The van der Waals surface area contributed by atoms with Crippen molar-refractivity contribution in [3.8, 4) is 26.6 Å². The molecule has 0 saturated heterocycles. The van der Waals surface area contributed by atoms with Crippen molar-refractivity contribution in [1.82, 2.24) is 9.59 Å². The summed E-state index contributed by atoms with van der Waals surface area (Å²) >= 11 is 4.39. The van der Waals surface area contributed by atoms with E-state index in [2.05, 4.69) is 16.5 Å². The maximum atomic E-state index is 15.8. The number of aromatic nitrogens is 2. The molecule has 3 aromatic heterocycles. The van der Waals surface area contributed by atoms with E-state index in [1.807, 2.05) is 35.0 Å². The summed E-state index contributed by atoms with van der Waals surface area (Å²) in [5.74, 6) is 0.00462. The molecule has 4 aromatic rings. The number of fused-ring (bicyclic) bond motifs is 1. The zero-order valence-electron chi connectivity index (χ0n) is 16.3. The highest BCUT2D eigenvalue weighted by Gasteiger charge is 2.26. The predicted molar refractivity (Wildman–Crippen MR) is 123 cm³/mol. The predicted octanol–water partition coefficient (Wildman–Crippen LogP) is 8.03. The van der Waals surface area contributed by atoms with E-state index in [1.165, 1.54) is 48.6 Å². The zero-order chi connectivity index (χ0) is 20.1. The van der Waals surface area contributed by atoms with Crippen molar-refractivity contribution in [2.75, 3.05) is 6.61 Å². The van der Waals surface area contributed by atoms with E-state index >= 15 is 4.39 Å². The molecule has 29 heavy (non-hydrogen) atoms. The first kappa shape index (κ1) is 20.4. The second kappa shape index (κ2) is 9.78. The zero-order valence-corrected chi connectivity index (χ0v) is 18.8. The van der Waals surface area contributed by atoms with Gasteiger partial charge in [-0.15, -0.1) is 27.8 Å². The SMILES string of the molecule is CCCCCCCCOc1c(F)c(-c2cccs2)c2nnsc2c1-c1cccs1. The van der Waals surface area contributed by atoms with Crippen LogP contribution in [-0.2, 0) is 0 Å². The molecule has 0 bridgehead atoms. The number of benzene rings is 1. The fourth-order valence-corrected chi connectivity index (χ4v) is 5.76. The van der Waals surface area contributed by atoms with Crippen LogP contribution in [0.15, 0.2) is 35.0 Å². The fourth-order valence-electron chi connectivity index (χ4n) is 3.43. The van der Waals surface area contributed by atoms with Crippen molar-refractivity contribution in [1.29, 1.82) is 0 Å². The van der Waals surface area contributed by atoms with E-state index in [0.717, 1.165) is 32.9 Å². The smallest absolute Gasteiger partial charge is 0.176 e. The van der Waals surface area contributed by atoms with Crippen LogP contribution < -0.4 is 4.74 Å². The molecule has 0 radical (unpaired) electrons. The summed E-state index contributed by atoms with van der Waals surface area (Å²) in [5.41, 5.74) is 1.90. The number of thiophene rings is 2. The highest BCUT2D eigenvalue weighted by atomic mass is 32.1. The third kappa shape index (κ3) is 4.37. The van der Waals surface area contributed by atoms with Crippen molar-refractivity contribution >= 4 is 44.4 Å². The van der Waals surface area contributed by atoms with Crippen LogP contribution in [0.25, 0.3) is 31.1 Å². The van der Waals surface area contributed by atoms with Gasteiger partial charge in [0.1, 0.15) is 5.52 Å². The number of hydrogen-bond donors (Lipinski definition) is 0. The first-order chi connectivity index (χ1) is 14.3. The van der Waals surface area contributed by atoms with Gasteiger partial charge in [0.15, 0.2) is 11.6 Å². The standard InChI is InChI=1S/C22H23FN2OS3/c1-2-3-4-5-6-7-12-26-21-18(16-11-9-14-28-16)22-20(24-25-29-22)17(19(21)23)15-10-8-13-27-15/h8-11,13-14H,2-7,12H2,1H3. The van der Waals surface area contributed by atoms with Crippen LogP contribution in [0.2, 0.25) is 0 Å². The van der Waals surface area contributed by atoms with Gasteiger partial charge in [-0.3, -0.25) is 0 Å². The van der Waals surface area contributed by atoms with Crippen LogP contribution >= 0.6 is 34.2 Å². The topological polar surface area (TPSA) is 35.0 Å². The molecule has 0 amide bonds. The van der Waals surface area contributed by atoms with Crippen LogP contribution in [0.1, 0.15) is 45.4 Å². The molecule has 3 heterocycles. The lowest BCUT2D eigenvalue weighted by molar-refractivity contribution is 0.292. The second-order valence-corrected chi connectivity index (χ2v) is 9.56. The van der Waals surface area contributed by atoms with E-state index in [0.29, 0.717) is 23.4 Å². The Hall–Kier alpha value is -1.83. The Morgan fingerprint density at radius 3 is 2.31 bits per heavy atom. The van der Waals surface area contributed by atoms with Gasteiger partial charge in [-0.25, -0.2) is 4.39 Å². The van der Waals surface area contributed by atoms with Crippen molar-refractivity contribution in [2.24, 2.45) is 0 Å². The van der Waals surface area contributed by atoms with Gasteiger partial charge in [0.25, 0.3) is 0 Å². The number of ether oxygens (including phenoxy) is 1. The average Bonchev–Trinajstić information content (AvgIpc) is 3.49. The lowest BCUT2D eigenvalue weighted by atomic mass is 10.0. The Balaban J connectivity index is 1.69. The number of unbranched alkanes of at least 4 members (excludes halogenated alkanes) is 5. The number of nitrogens with zero attached hydrogens (tertiary/aromatic N) is 2. The van der Waals surface area contributed by atoms with Gasteiger partial charge in [0.2, 0.25) is 0 Å². The molecule has 4 rings (SSSR count). The summed E-state index contributed by atoms with van der Waals surface area (Å²) in [6.45, 7) is 2.73. The number of rotatable bonds is 10. The maximum Gasteiger partial charge on any atom is 0.176 e. The second-order valence-electron chi connectivity index (χ2n) is 6.91. The summed E-state index contributed by atoms with van der Waals surface area (Å²) in [4.78, 5) is 1.83. The van der Waals surface area contributed by atoms with Gasteiger partial charge in [-0.05, 0) is 40.8 Å². The maximum absolute atomic E-state index is 15.8. The van der Waals surface area contributed by atoms with Crippen molar-refractivity contribution < 1.29 is 9.13 Å². The molecule has 3 nitrogen and oxygen atoms in total. The molecule has 0 atom stereocenters. The highest BCUT2D eigenvalue weighted by molar-refractivity contribution is 7.16. The van der Waals surface area contributed by atoms with Gasteiger partial charge in [-0.1, -0.05) is 55.6 Å². The summed E-state index contributed by atoms with van der Waals surface area (Å²) in [6.07, 6.45) is 7.01. The number of halogens is 1. The van der Waals surface area contributed by atoms with Crippen LogP contribution in [0.5, 0.6) is 5.75 Å². The lowest BCUT2D eigenvalue weighted by Crippen LogP contribution is -2.03. The molecule has 0 saturated carbocycles. The quantitative estimate of drug-likeness (QED) is 0.231. The third-order valence-corrected chi connectivity index (χ3v) is 7.40. The molecule has 0 aliphatic rings. The third-order valence-electron chi connectivity index (χ3n) is 4.88. The lowest BCUT2D eigenvalue weighted by Gasteiger charge is -2.15. The normalized spacial score (nSPS) is 11.4. The van der Waals surface area contributed by atoms with Crippen LogP contribution in [-0.4, -0.2) is 16.2 Å². The van der Waals surface area contributed by atoms with E-state index in [9.17, 15) is 0 Å². The Morgan fingerprint density at radius 1 is 0.931 bits per heavy atom. The average molecular weight is 447 g/mol. The van der Waals surface area contributed by atoms with Crippen LogP contribution in [0.4, 0.5) is 4.39 Å². The minimum atomic E-state index is -0.331. The van der Waals surface area contributed by atoms with Crippen molar-refractivity contribution in [3.63, 3.8) is 0 Å². The highest BCUT2D eigenvalue weighted by Crippen LogP contribution is 2.47. The van der Waals surface area contributed by atoms with Gasteiger partial charge in [0, 0.05) is 9.75 Å². The largest absolute Gasteiger partial charge is 0.490 e. The Kier molecular flexibility index (Phi) is 6.90. The molecular formula is C22H23FN2OS3. The first-order valence-corrected chi connectivity index (χ1v) is 12.5.